The highest BCUT2D eigenvalue weighted by Crippen LogP contribution is 2.22. The standard InChI is InChI=1S/C19H29N3O2/c1-14-6-8-17(9-7-14)20-19(23)22-10-4-5-18(22)13-21-11-15(2)24-16(3)12-21/h6-9,15-16,18H,4-5,10-13H2,1-3H3,(H,20,23)/t15-,16+,18-/m0/s1. The van der Waals surface area contributed by atoms with Gasteiger partial charge in [0.2, 0.25) is 0 Å². The Morgan fingerprint density at radius 2 is 1.88 bits per heavy atom. The fourth-order valence-electron chi connectivity index (χ4n) is 3.86. The predicted octanol–water partition coefficient (Wildman–Crippen LogP) is 3.10. The lowest BCUT2D eigenvalue weighted by Gasteiger charge is -2.38. The molecule has 24 heavy (non-hydrogen) atoms. The smallest absolute Gasteiger partial charge is 0.322 e. The molecular weight excluding hydrogens is 302 g/mol. The molecule has 2 amide bonds. The number of nitrogens with one attached hydrogen (secondary N) is 1. The highest BCUT2D eigenvalue weighted by Gasteiger charge is 2.32. The van der Waals surface area contributed by atoms with E-state index in [1.165, 1.54) is 5.56 Å². The van der Waals surface area contributed by atoms with Crippen LogP contribution in [0.25, 0.3) is 0 Å². The van der Waals surface area contributed by atoms with Crippen LogP contribution in [0.2, 0.25) is 0 Å². The first-order valence-electron chi connectivity index (χ1n) is 9.03. The normalized spacial score (nSPS) is 28.1. The number of likely N-dealkylation sites (tertiary alicyclic amines) is 1. The van der Waals surface area contributed by atoms with E-state index >= 15 is 0 Å². The van der Waals surface area contributed by atoms with Gasteiger partial charge in [0.25, 0.3) is 0 Å². The Hall–Kier alpha value is -1.59. The number of hydrogen-bond acceptors (Lipinski definition) is 3. The summed E-state index contributed by atoms with van der Waals surface area (Å²) in [6, 6.07) is 8.29. The van der Waals surface area contributed by atoms with Crippen LogP contribution >= 0.6 is 0 Å². The Labute approximate surface area is 145 Å². The van der Waals surface area contributed by atoms with Crippen LogP contribution in [0.15, 0.2) is 24.3 Å². The summed E-state index contributed by atoms with van der Waals surface area (Å²) in [4.78, 5) is 17.1. The van der Waals surface area contributed by atoms with Gasteiger partial charge in [0, 0.05) is 37.9 Å². The van der Waals surface area contributed by atoms with Gasteiger partial charge in [-0.15, -0.1) is 0 Å². The second kappa shape index (κ2) is 7.53. The lowest BCUT2D eigenvalue weighted by atomic mass is 10.1. The molecule has 1 aromatic carbocycles. The topological polar surface area (TPSA) is 44.8 Å². The highest BCUT2D eigenvalue weighted by molar-refractivity contribution is 5.89. The van der Waals surface area contributed by atoms with Gasteiger partial charge in [-0.25, -0.2) is 4.79 Å². The molecule has 2 aliphatic rings. The molecule has 0 spiro atoms. The van der Waals surface area contributed by atoms with Crippen LogP contribution in [0, 0.1) is 6.92 Å². The molecule has 0 aromatic heterocycles. The van der Waals surface area contributed by atoms with Gasteiger partial charge in [0.05, 0.1) is 12.2 Å². The minimum atomic E-state index is 0.0238. The van der Waals surface area contributed by atoms with Gasteiger partial charge in [0.1, 0.15) is 0 Å². The van der Waals surface area contributed by atoms with Crippen molar-refractivity contribution in [2.24, 2.45) is 0 Å². The van der Waals surface area contributed by atoms with E-state index < -0.39 is 0 Å². The molecule has 0 aliphatic carbocycles. The van der Waals surface area contributed by atoms with Crippen molar-refractivity contribution in [1.82, 2.24) is 9.80 Å². The maximum atomic E-state index is 12.7. The summed E-state index contributed by atoms with van der Waals surface area (Å²) in [7, 11) is 0. The van der Waals surface area contributed by atoms with E-state index in [0.717, 1.165) is 44.7 Å². The molecule has 132 valence electrons. The van der Waals surface area contributed by atoms with Crippen molar-refractivity contribution in [3.63, 3.8) is 0 Å². The van der Waals surface area contributed by atoms with Crippen molar-refractivity contribution in [2.45, 2.75) is 51.9 Å². The van der Waals surface area contributed by atoms with Crippen LogP contribution < -0.4 is 5.32 Å². The van der Waals surface area contributed by atoms with E-state index in [2.05, 4.69) is 24.1 Å². The SMILES string of the molecule is Cc1ccc(NC(=O)N2CCC[C@H]2CN2C[C@@H](C)O[C@@H](C)C2)cc1. The number of carbonyl (C=O) groups is 1. The Morgan fingerprint density at radius 3 is 2.54 bits per heavy atom. The zero-order chi connectivity index (χ0) is 17.1. The minimum Gasteiger partial charge on any atom is -0.373 e. The summed E-state index contributed by atoms with van der Waals surface area (Å²) in [6.45, 7) is 9.99. The third-order valence-electron chi connectivity index (χ3n) is 4.91. The summed E-state index contributed by atoms with van der Waals surface area (Å²) < 4.78 is 5.81. The fourth-order valence-corrected chi connectivity index (χ4v) is 3.86. The van der Waals surface area contributed by atoms with Crippen LogP contribution in [0.4, 0.5) is 10.5 Å². The number of morpholine rings is 1. The Bertz CT molecular complexity index is 550. The van der Waals surface area contributed by atoms with E-state index in [1.807, 2.05) is 36.1 Å². The number of rotatable bonds is 3. The van der Waals surface area contributed by atoms with Crippen LogP contribution in [0.1, 0.15) is 32.3 Å². The van der Waals surface area contributed by atoms with E-state index in [0.29, 0.717) is 6.04 Å². The van der Waals surface area contributed by atoms with E-state index in [4.69, 9.17) is 4.74 Å². The van der Waals surface area contributed by atoms with E-state index in [-0.39, 0.29) is 18.2 Å². The van der Waals surface area contributed by atoms with E-state index in [9.17, 15) is 4.79 Å². The van der Waals surface area contributed by atoms with Crippen molar-refractivity contribution < 1.29 is 9.53 Å². The molecule has 5 nitrogen and oxygen atoms in total. The van der Waals surface area contributed by atoms with Crippen LogP contribution in [0.5, 0.6) is 0 Å². The first-order valence-corrected chi connectivity index (χ1v) is 9.03. The maximum absolute atomic E-state index is 12.7. The van der Waals surface area contributed by atoms with Gasteiger partial charge in [-0.3, -0.25) is 4.90 Å². The summed E-state index contributed by atoms with van der Waals surface area (Å²) in [5.74, 6) is 0. The molecule has 2 saturated heterocycles. The molecule has 0 unspecified atom stereocenters. The summed E-state index contributed by atoms with van der Waals surface area (Å²) in [5, 5.41) is 3.04. The van der Waals surface area contributed by atoms with Gasteiger partial charge >= 0.3 is 6.03 Å². The molecule has 1 aromatic rings. The largest absolute Gasteiger partial charge is 0.373 e. The Kier molecular flexibility index (Phi) is 5.41. The molecule has 2 heterocycles. The van der Waals surface area contributed by atoms with E-state index in [1.54, 1.807) is 0 Å². The lowest BCUT2D eigenvalue weighted by Crippen LogP contribution is -2.51. The van der Waals surface area contributed by atoms with Crippen molar-refractivity contribution in [2.75, 3.05) is 31.5 Å². The first-order chi connectivity index (χ1) is 11.5. The second-order valence-corrected chi connectivity index (χ2v) is 7.26. The average Bonchev–Trinajstić information content (AvgIpc) is 2.96. The van der Waals surface area contributed by atoms with Gasteiger partial charge < -0.3 is 15.0 Å². The number of hydrogen-bond donors (Lipinski definition) is 1. The lowest BCUT2D eigenvalue weighted by molar-refractivity contribution is -0.0712. The molecule has 1 N–H and O–H groups in total. The van der Waals surface area contributed by atoms with Crippen molar-refractivity contribution in [3.05, 3.63) is 29.8 Å². The molecular formula is C19H29N3O2. The summed E-state index contributed by atoms with van der Waals surface area (Å²) in [5.41, 5.74) is 2.06. The van der Waals surface area contributed by atoms with Crippen molar-refractivity contribution in [3.8, 4) is 0 Å². The fraction of sp³-hybridized carbons (Fsp3) is 0.632. The summed E-state index contributed by atoms with van der Waals surface area (Å²) >= 11 is 0. The Morgan fingerprint density at radius 1 is 1.21 bits per heavy atom. The number of nitrogens with zero attached hydrogens (tertiary/aromatic N) is 2. The average molecular weight is 331 g/mol. The molecule has 0 saturated carbocycles. The zero-order valence-corrected chi connectivity index (χ0v) is 15.0. The number of urea groups is 1. The zero-order valence-electron chi connectivity index (χ0n) is 15.0. The quantitative estimate of drug-likeness (QED) is 0.926. The number of ether oxygens (including phenoxy) is 1. The number of benzene rings is 1. The molecule has 5 heteroatoms. The van der Waals surface area contributed by atoms with Crippen molar-refractivity contribution in [1.29, 1.82) is 0 Å². The number of aryl methyl sites for hydroxylation is 1. The maximum Gasteiger partial charge on any atom is 0.322 e. The number of anilines is 1. The van der Waals surface area contributed by atoms with Gasteiger partial charge in [-0.1, -0.05) is 17.7 Å². The third-order valence-corrected chi connectivity index (χ3v) is 4.91. The molecule has 0 bridgehead atoms. The molecule has 3 atom stereocenters. The Balaban J connectivity index is 1.58. The number of amides is 2. The van der Waals surface area contributed by atoms with Gasteiger partial charge in [-0.05, 0) is 45.7 Å². The third kappa shape index (κ3) is 4.28. The molecule has 3 rings (SSSR count). The second-order valence-electron chi connectivity index (χ2n) is 7.26. The first kappa shape index (κ1) is 17.2. The van der Waals surface area contributed by atoms with Crippen LogP contribution in [0.3, 0.4) is 0 Å². The van der Waals surface area contributed by atoms with Crippen molar-refractivity contribution >= 4 is 11.7 Å². The van der Waals surface area contributed by atoms with Gasteiger partial charge in [-0.2, -0.15) is 0 Å². The molecule has 2 fully saturated rings. The number of carbonyl (C=O) groups excluding carboxylic acids is 1. The molecule has 2 aliphatic heterocycles. The monoisotopic (exact) mass is 331 g/mol. The van der Waals surface area contributed by atoms with Crippen LogP contribution in [-0.4, -0.2) is 60.3 Å². The minimum absolute atomic E-state index is 0.0238. The van der Waals surface area contributed by atoms with Crippen LogP contribution in [-0.2, 0) is 4.74 Å². The van der Waals surface area contributed by atoms with Gasteiger partial charge in [0.15, 0.2) is 0 Å². The highest BCUT2D eigenvalue weighted by atomic mass is 16.5. The summed E-state index contributed by atoms with van der Waals surface area (Å²) in [6.07, 6.45) is 2.71. The predicted molar refractivity (Wildman–Crippen MR) is 96.4 cm³/mol. The molecule has 0 radical (unpaired) electrons.